The van der Waals surface area contributed by atoms with E-state index in [9.17, 15) is 13.2 Å². The van der Waals surface area contributed by atoms with Crippen LogP contribution in [0.4, 0.5) is 5.69 Å². The predicted octanol–water partition coefficient (Wildman–Crippen LogP) is 3.33. The molecule has 2 fully saturated rings. The number of carbonyl (C=O) groups excluding carboxylic acids is 1. The summed E-state index contributed by atoms with van der Waals surface area (Å²) < 4.78 is 25.7. The molecule has 142 valence electrons. The molecule has 1 aromatic rings. The van der Waals surface area contributed by atoms with Gasteiger partial charge in [-0.15, -0.1) is 0 Å². The largest absolute Gasteiger partial charge is 0.333 e. The molecule has 2 saturated carbocycles. The SMILES string of the molecule is CC1Cc2cc(C(=O)N(C3CCCCC3)C3CC3)ccc2N1S(C)(=O)=O. The topological polar surface area (TPSA) is 57.7 Å². The molecule has 0 spiro atoms. The molecule has 1 amide bonds. The van der Waals surface area contributed by atoms with E-state index in [-0.39, 0.29) is 11.9 Å². The molecular weight excluding hydrogens is 348 g/mol. The van der Waals surface area contributed by atoms with Gasteiger partial charge in [-0.05, 0) is 62.8 Å². The van der Waals surface area contributed by atoms with Gasteiger partial charge in [0.25, 0.3) is 5.91 Å². The minimum absolute atomic E-state index is 0.0942. The van der Waals surface area contributed by atoms with Gasteiger partial charge in [0.05, 0.1) is 11.9 Å². The second-order valence-electron chi connectivity index (χ2n) is 8.19. The molecule has 4 rings (SSSR count). The fourth-order valence-corrected chi connectivity index (χ4v) is 6.00. The highest BCUT2D eigenvalue weighted by Gasteiger charge is 2.39. The van der Waals surface area contributed by atoms with Crippen LogP contribution >= 0.6 is 0 Å². The lowest BCUT2D eigenvalue weighted by Crippen LogP contribution is -2.43. The van der Waals surface area contributed by atoms with Gasteiger partial charge in [-0.2, -0.15) is 0 Å². The van der Waals surface area contributed by atoms with Crippen molar-refractivity contribution < 1.29 is 13.2 Å². The van der Waals surface area contributed by atoms with E-state index in [2.05, 4.69) is 4.90 Å². The van der Waals surface area contributed by atoms with Crippen LogP contribution in [0.25, 0.3) is 0 Å². The van der Waals surface area contributed by atoms with E-state index < -0.39 is 10.0 Å². The number of benzene rings is 1. The minimum Gasteiger partial charge on any atom is -0.333 e. The molecule has 3 aliphatic rings. The van der Waals surface area contributed by atoms with Crippen LogP contribution in [0.1, 0.15) is 67.8 Å². The van der Waals surface area contributed by atoms with Gasteiger partial charge in [0.15, 0.2) is 0 Å². The highest BCUT2D eigenvalue weighted by atomic mass is 32.2. The number of hydrogen-bond donors (Lipinski definition) is 0. The Morgan fingerprint density at radius 2 is 1.73 bits per heavy atom. The molecule has 5 nitrogen and oxygen atoms in total. The number of fused-ring (bicyclic) bond motifs is 1. The minimum atomic E-state index is -3.30. The van der Waals surface area contributed by atoms with Crippen molar-refractivity contribution in [3.05, 3.63) is 29.3 Å². The Balaban J connectivity index is 1.62. The standard InChI is InChI=1S/C20H28N2O3S/c1-14-12-16-13-15(8-11-19(16)22(14)26(2,24)25)20(23)21(18-9-10-18)17-6-4-3-5-7-17/h8,11,13-14,17-18H,3-7,9-10,12H2,1-2H3. The van der Waals surface area contributed by atoms with E-state index in [0.29, 0.717) is 24.1 Å². The van der Waals surface area contributed by atoms with Gasteiger partial charge >= 0.3 is 0 Å². The van der Waals surface area contributed by atoms with Crippen molar-refractivity contribution in [3.63, 3.8) is 0 Å². The first-order valence-corrected chi connectivity index (χ1v) is 11.7. The molecule has 1 unspecified atom stereocenters. The zero-order valence-corrected chi connectivity index (χ0v) is 16.5. The van der Waals surface area contributed by atoms with E-state index in [1.54, 1.807) is 0 Å². The Morgan fingerprint density at radius 3 is 2.35 bits per heavy atom. The van der Waals surface area contributed by atoms with Crippen molar-refractivity contribution >= 4 is 21.6 Å². The summed E-state index contributed by atoms with van der Waals surface area (Å²) in [5.41, 5.74) is 2.41. The summed E-state index contributed by atoms with van der Waals surface area (Å²) in [6, 6.07) is 6.25. The number of nitrogens with zero attached hydrogens (tertiary/aromatic N) is 2. The van der Waals surface area contributed by atoms with Gasteiger partial charge in [-0.3, -0.25) is 9.10 Å². The molecule has 0 radical (unpaired) electrons. The first kappa shape index (κ1) is 17.8. The Morgan fingerprint density at radius 1 is 1.08 bits per heavy atom. The number of rotatable bonds is 4. The van der Waals surface area contributed by atoms with E-state index in [1.165, 1.54) is 29.8 Å². The summed E-state index contributed by atoms with van der Waals surface area (Å²) in [6.07, 6.45) is 10.1. The van der Waals surface area contributed by atoms with Gasteiger partial charge in [-0.25, -0.2) is 8.42 Å². The van der Waals surface area contributed by atoms with Crippen LogP contribution in [0.15, 0.2) is 18.2 Å². The van der Waals surface area contributed by atoms with Crippen LogP contribution in [0.5, 0.6) is 0 Å². The lowest BCUT2D eigenvalue weighted by Gasteiger charge is -2.35. The maximum absolute atomic E-state index is 13.3. The highest BCUT2D eigenvalue weighted by Crippen LogP contribution is 2.38. The number of sulfonamides is 1. The van der Waals surface area contributed by atoms with Crippen molar-refractivity contribution in [2.45, 2.75) is 76.4 Å². The number of hydrogen-bond acceptors (Lipinski definition) is 3. The molecule has 0 aromatic heterocycles. The van der Waals surface area contributed by atoms with Crippen molar-refractivity contribution in [1.82, 2.24) is 4.90 Å². The average molecular weight is 377 g/mol. The number of amides is 1. The van der Waals surface area contributed by atoms with Gasteiger partial charge < -0.3 is 4.90 Å². The zero-order chi connectivity index (χ0) is 18.5. The maximum Gasteiger partial charge on any atom is 0.254 e. The monoisotopic (exact) mass is 376 g/mol. The van der Waals surface area contributed by atoms with Gasteiger partial charge in [0.2, 0.25) is 10.0 Å². The van der Waals surface area contributed by atoms with E-state index >= 15 is 0 Å². The van der Waals surface area contributed by atoms with Crippen molar-refractivity contribution in [1.29, 1.82) is 0 Å². The second kappa shape index (κ2) is 6.55. The van der Waals surface area contributed by atoms with E-state index in [0.717, 1.165) is 36.9 Å². The lowest BCUT2D eigenvalue weighted by atomic mass is 9.93. The fraction of sp³-hybridized carbons (Fsp3) is 0.650. The Hall–Kier alpha value is -1.56. The molecule has 1 atom stereocenters. The van der Waals surface area contributed by atoms with Crippen molar-refractivity contribution in [3.8, 4) is 0 Å². The molecule has 1 aromatic carbocycles. The number of carbonyl (C=O) groups is 1. The smallest absolute Gasteiger partial charge is 0.254 e. The maximum atomic E-state index is 13.3. The molecule has 0 N–H and O–H groups in total. The third-order valence-corrected chi connectivity index (χ3v) is 7.25. The molecular formula is C20H28N2O3S. The van der Waals surface area contributed by atoms with Crippen LogP contribution < -0.4 is 4.31 Å². The Bertz CT molecular complexity index is 810. The van der Waals surface area contributed by atoms with Crippen LogP contribution in [0.2, 0.25) is 0 Å². The van der Waals surface area contributed by atoms with Crippen molar-refractivity contribution in [2.75, 3.05) is 10.6 Å². The van der Waals surface area contributed by atoms with Crippen LogP contribution in [0, 0.1) is 0 Å². The van der Waals surface area contributed by atoms with E-state index in [4.69, 9.17) is 0 Å². The first-order chi connectivity index (χ1) is 12.4. The average Bonchev–Trinajstić information content (AvgIpc) is 3.35. The Kier molecular flexibility index (Phi) is 4.49. The molecule has 0 bridgehead atoms. The summed E-state index contributed by atoms with van der Waals surface area (Å²) in [7, 11) is -3.30. The molecule has 2 aliphatic carbocycles. The number of anilines is 1. The fourth-order valence-electron chi connectivity index (χ4n) is 4.73. The molecule has 1 aliphatic heterocycles. The first-order valence-electron chi connectivity index (χ1n) is 9.81. The van der Waals surface area contributed by atoms with Crippen LogP contribution in [-0.2, 0) is 16.4 Å². The van der Waals surface area contributed by atoms with E-state index in [1.807, 2.05) is 25.1 Å². The third kappa shape index (κ3) is 3.24. The summed E-state index contributed by atoms with van der Waals surface area (Å²) in [6.45, 7) is 1.92. The second-order valence-corrected chi connectivity index (χ2v) is 10.1. The lowest BCUT2D eigenvalue weighted by molar-refractivity contribution is 0.0614. The van der Waals surface area contributed by atoms with Gasteiger partial charge in [0, 0.05) is 23.7 Å². The summed E-state index contributed by atoms with van der Waals surface area (Å²) in [4.78, 5) is 15.4. The summed E-state index contributed by atoms with van der Waals surface area (Å²) >= 11 is 0. The van der Waals surface area contributed by atoms with Crippen LogP contribution in [-0.4, -0.2) is 43.6 Å². The van der Waals surface area contributed by atoms with Gasteiger partial charge in [0.1, 0.15) is 0 Å². The summed E-state index contributed by atoms with van der Waals surface area (Å²) in [5, 5.41) is 0. The third-order valence-electron chi connectivity index (χ3n) is 5.98. The zero-order valence-electron chi connectivity index (χ0n) is 15.6. The molecule has 6 heteroatoms. The summed E-state index contributed by atoms with van der Waals surface area (Å²) in [5.74, 6) is 0.132. The normalized spacial score (nSPS) is 23.8. The predicted molar refractivity (Wildman–Crippen MR) is 103 cm³/mol. The van der Waals surface area contributed by atoms with Crippen LogP contribution in [0.3, 0.4) is 0 Å². The Labute approximate surface area is 156 Å². The molecule has 26 heavy (non-hydrogen) atoms. The quantitative estimate of drug-likeness (QED) is 0.810. The van der Waals surface area contributed by atoms with Crippen molar-refractivity contribution in [2.24, 2.45) is 0 Å². The molecule has 1 heterocycles. The van der Waals surface area contributed by atoms with Gasteiger partial charge in [-0.1, -0.05) is 19.3 Å². The molecule has 0 saturated heterocycles. The highest BCUT2D eigenvalue weighted by molar-refractivity contribution is 7.92.